The summed E-state index contributed by atoms with van der Waals surface area (Å²) in [5.41, 5.74) is 1.19. The average Bonchev–Trinajstić information content (AvgIpc) is 2.84. The fraction of sp³-hybridized carbons (Fsp3) is 0.0714. The van der Waals surface area contributed by atoms with Crippen LogP contribution in [0.5, 0.6) is 5.75 Å². The smallest absolute Gasteiger partial charge is 0.189 e. The Hall–Kier alpha value is -2.07. The first kappa shape index (κ1) is 12.0. The Balaban J connectivity index is 2.28. The Bertz CT molecular complexity index is 754. The first-order valence-electron chi connectivity index (χ1n) is 5.59. The van der Waals surface area contributed by atoms with Gasteiger partial charge in [0.2, 0.25) is 0 Å². The lowest BCUT2D eigenvalue weighted by Crippen LogP contribution is -1.85. The minimum absolute atomic E-state index is 0.329. The van der Waals surface area contributed by atoms with Gasteiger partial charge in [-0.2, -0.15) is 0 Å². The molecule has 0 spiro atoms. The lowest BCUT2D eigenvalue weighted by molar-refractivity contribution is 0.412. The fourth-order valence-electron chi connectivity index (χ4n) is 1.96. The molecular formula is C14H9ClFNO2. The van der Waals surface area contributed by atoms with Crippen molar-refractivity contribution in [3.63, 3.8) is 0 Å². The number of fused-ring (bicyclic) bond motifs is 1. The van der Waals surface area contributed by atoms with Gasteiger partial charge in [-0.15, -0.1) is 0 Å². The molecule has 1 heterocycles. The van der Waals surface area contributed by atoms with Crippen LogP contribution in [0.2, 0.25) is 5.02 Å². The molecular weight excluding hydrogens is 269 g/mol. The van der Waals surface area contributed by atoms with Gasteiger partial charge in [0.25, 0.3) is 0 Å². The molecule has 0 saturated carbocycles. The highest BCUT2D eigenvalue weighted by Crippen LogP contribution is 2.37. The molecule has 0 atom stereocenters. The Morgan fingerprint density at radius 2 is 2.00 bits per heavy atom. The number of halogens is 2. The van der Waals surface area contributed by atoms with Crippen LogP contribution in [0.15, 0.2) is 40.9 Å². The molecule has 5 heteroatoms. The monoisotopic (exact) mass is 277 g/mol. The third kappa shape index (κ3) is 1.85. The molecule has 0 saturated heterocycles. The Morgan fingerprint density at radius 3 is 2.74 bits per heavy atom. The molecule has 0 aliphatic carbocycles. The summed E-state index contributed by atoms with van der Waals surface area (Å²) in [6.07, 6.45) is 0. The molecule has 0 radical (unpaired) electrons. The normalized spacial score (nSPS) is 10.9. The first-order valence-corrected chi connectivity index (χ1v) is 5.97. The van der Waals surface area contributed by atoms with Gasteiger partial charge >= 0.3 is 0 Å². The molecule has 1 aromatic heterocycles. The van der Waals surface area contributed by atoms with E-state index in [1.165, 1.54) is 13.2 Å². The van der Waals surface area contributed by atoms with Crippen LogP contribution in [0.1, 0.15) is 0 Å². The maximum absolute atomic E-state index is 13.8. The van der Waals surface area contributed by atoms with Crippen LogP contribution in [0.25, 0.3) is 22.2 Å². The second kappa shape index (κ2) is 4.55. The quantitative estimate of drug-likeness (QED) is 0.701. The third-order valence-electron chi connectivity index (χ3n) is 2.89. The number of nitrogens with zero attached hydrogens (tertiary/aromatic N) is 1. The molecule has 2 aromatic carbocycles. The van der Waals surface area contributed by atoms with Crippen molar-refractivity contribution in [2.24, 2.45) is 0 Å². The highest BCUT2D eigenvalue weighted by Gasteiger charge is 2.17. The summed E-state index contributed by atoms with van der Waals surface area (Å²) in [4.78, 5) is 0. The summed E-state index contributed by atoms with van der Waals surface area (Å²) in [7, 11) is 1.52. The molecule has 3 aromatic rings. The molecule has 0 aliphatic heterocycles. The molecule has 0 aliphatic rings. The van der Waals surface area contributed by atoms with E-state index in [4.69, 9.17) is 20.9 Å². The molecule has 0 N–H and O–H groups in total. The van der Waals surface area contributed by atoms with E-state index in [1.54, 1.807) is 30.3 Å². The molecule has 0 unspecified atom stereocenters. The van der Waals surface area contributed by atoms with E-state index in [0.29, 0.717) is 33.0 Å². The molecule has 0 amide bonds. The van der Waals surface area contributed by atoms with Crippen molar-refractivity contribution in [2.75, 3.05) is 7.11 Å². The van der Waals surface area contributed by atoms with Crippen molar-refractivity contribution < 1.29 is 13.7 Å². The summed E-state index contributed by atoms with van der Waals surface area (Å²) in [5.74, 6) is 0.134. The van der Waals surface area contributed by atoms with E-state index >= 15 is 0 Å². The average molecular weight is 278 g/mol. The summed E-state index contributed by atoms with van der Waals surface area (Å²) >= 11 is 6.13. The summed E-state index contributed by atoms with van der Waals surface area (Å²) in [6, 6.07) is 9.83. The maximum atomic E-state index is 13.8. The number of rotatable bonds is 2. The zero-order chi connectivity index (χ0) is 13.4. The second-order valence-electron chi connectivity index (χ2n) is 3.97. The van der Waals surface area contributed by atoms with Crippen LogP contribution in [0, 0.1) is 5.82 Å². The van der Waals surface area contributed by atoms with Gasteiger partial charge in [-0.05, 0) is 24.3 Å². The molecule has 0 fully saturated rings. The van der Waals surface area contributed by atoms with E-state index in [9.17, 15) is 4.39 Å². The van der Waals surface area contributed by atoms with Crippen LogP contribution in [-0.4, -0.2) is 12.3 Å². The van der Waals surface area contributed by atoms with E-state index in [2.05, 4.69) is 5.16 Å². The van der Waals surface area contributed by atoms with Gasteiger partial charge in [0.1, 0.15) is 22.3 Å². The minimum Gasteiger partial charge on any atom is -0.495 e. The van der Waals surface area contributed by atoms with Crippen molar-refractivity contribution >= 4 is 22.6 Å². The zero-order valence-electron chi connectivity index (χ0n) is 9.98. The van der Waals surface area contributed by atoms with Crippen LogP contribution < -0.4 is 4.74 Å². The molecule has 0 bridgehead atoms. The largest absolute Gasteiger partial charge is 0.495 e. The third-order valence-corrected chi connectivity index (χ3v) is 3.25. The van der Waals surface area contributed by atoms with Crippen molar-refractivity contribution in [3.05, 3.63) is 47.2 Å². The van der Waals surface area contributed by atoms with Gasteiger partial charge in [-0.3, -0.25) is 0 Å². The predicted octanol–water partition coefficient (Wildman–Crippen LogP) is 4.30. The number of hydrogen-bond acceptors (Lipinski definition) is 3. The lowest BCUT2D eigenvalue weighted by Gasteiger charge is -2.02. The summed E-state index contributed by atoms with van der Waals surface area (Å²) in [6.45, 7) is 0. The topological polar surface area (TPSA) is 35.3 Å². The predicted molar refractivity (Wildman–Crippen MR) is 71.0 cm³/mol. The van der Waals surface area contributed by atoms with E-state index in [0.717, 1.165) is 0 Å². The first-order chi connectivity index (χ1) is 9.22. The van der Waals surface area contributed by atoms with Crippen LogP contribution in [-0.2, 0) is 0 Å². The number of ether oxygens (including phenoxy) is 1. The Morgan fingerprint density at radius 1 is 1.21 bits per heavy atom. The Labute approximate surface area is 113 Å². The summed E-state index contributed by atoms with van der Waals surface area (Å²) in [5, 5.41) is 4.89. The van der Waals surface area contributed by atoms with Gasteiger partial charge < -0.3 is 9.26 Å². The van der Waals surface area contributed by atoms with Gasteiger partial charge in [-0.1, -0.05) is 28.9 Å². The fourth-order valence-corrected chi connectivity index (χ4v) is 2.24. The number of aromatic nitrogens is 1. The van der Waals surface area contributed by atoms with E-state index in [1.807, 2.05) is 0 Å². The number of benzene rings is 2. The Kier molecular flexibility index (Phi) is 2.87. The van der Waals surface area contributed by atoms with Crippen molar-refractivity contribution in [2.45, 2.75) is 0 Å². The number of hydrogen-bond donors (Lipinski definition) is 0. The van der Waals surface area contributed by atoms with E-state index in [-0.39, 0.29) is 5.82 Å². The SMILES string of the molecule is COc1ccc2c(-c3ccccc3F)noc2c1Cl. The standard InChI is InChI=1S/C14H9ClFNO2/c1-18-11-7-6-9-13(17-19-14(9)12(11)15)8-4-2-3-5-10(8)16/h2-7H,1H3. The van der Waals surface area contributed by atoms with Crippen LogP contribution in [0.3, 0.4) is 0 Å². The molecule has 19 heavy (non-hydrogen) atoms. The minimum atomic E-state index is -0.357. The highest BCUT2D eigenvalue weighted by atomic mass is 35.5. The zero-order valence-corrected chi connectivity index (χ0v) is 10.7. The van der Waals surface area contributed by atoms with Crippen molar-refractivity contribution in [3.8, 4) is 17.0 Å². The molecule has 3 nitrogen and oxygen atoms in total. The van der Waals surface area contributed by atoms with E-state index < -0.39 is 0 Å². The molecule has 96 valence electrons. The lowest BCUT2D eigenvalue weighted by atomic mass is 10.1. The van der Waals surface area contributed by atoms with Gasteiger partial charge in [0, 0.05) is 5.56 Å². The maximum Gasteiger partial charge on any atom is 0.189 e. The van der Waals surface area contributed by atoms with Crippen molar-refractivity contribution in [1.82, 2.24) is 5.16 Å². The number of methoxy groups -OCH3 is 1. The van der Waals surface area contributed by atoms with Crippen molar-refractivity contribution in [1.29, 1.82) is 0 Å². The molecule has 3 rings (SSSR count). The van der Waals surface area contributed by atoms with Gasteiger partial charge in [-0.25, -0.2) is 4.39 Å². The summed E-state index contributed by atoms with van der Waals surface area (Å²) < 4.78 is 24.1. The highest BCUT2D eigenvalue weighted by molar-refractivity contribution is 6.36. The van der Waals surface area contributed by atoms with Crippen LogP contribution >= 0.6 is 11.6 Å². The van der Waals surface area contributed by atoms with Crippen LogP contribution in [0.4, 0.5) is 4.39 Å². The van der Waals surface area contributed by atoms with Gasteiger partial charge in [0.15, 0.2) is 5.58 Å². The second-order valence-corrected chi connectivity index (χ2v) is 4.35. The van der Waals surface area contributed by atoms with Gasteiger partial charge in [0.05, 0.1) is 12.5 Å².